The van der Waals surface area contributed by atoms with Crippen molar-refractivity contribution in [2.45, 2.75) is 19.4 Å². The van der Waals surface area contributed by atoms with E-state index >= 15 is 0 Å². The van der Waals surface area contributed by atoms with Gasteiger partial charge < -0.3 is 15.7 Å². The van der Waals surface area contributed by atoms with E-state index in [4.69, 9.17) is 5.11 Å². The Balaban J connectivity index is 2.00. The molecule has 2 aromatic rings. The minimum Gasteiger partial charge on any atom is -0.396 e. The van der Waals surface area contributed by atoms with Gasteiger partial charge in [0.15, 0.2) is 0 Å². The molecule has 0 aliphatic heterocycles. The Labute approximate surface area is 118 Å². The summed E-state index contributed by atoms with van der Waals surface area (Å²) in [6.45, 7) is 2.52. The molecule has 0 aliphatic rings. The third-order valence-corrected chi connectivity index (χ3v) is 3.24. The summed E-state index contributed by atoms with van der Waals surface area (Å²) in [6.07, 6.45) is 0.567. The van der Waals surface area contributed by atoms with E-state index in [-0.39, 0.29) is 18.7 Å². The molecule has 0 spiro atoms. The van der Waals surface area contributed by atoms with Crippen molar-refractivity contribution >= 4 is 16.8 Å². The van der Waals surface area contributed by atoms with Crippen LogP contribution in [0.4, 0.5) is 4.79 Å². The highest BCUT2D eigenvalue weighted by Gasteiger charge is 2.09. The van der Waals surface area contributed by atoms with Gasteiger partial charge in [0.2, 0.25) is 0 Å². The van der Waals surface area contributed by atoms with Gasteiger partial charge in [0.1, 0.15) is 0 Å². The molecule has 1 atom stereocenters. The third kappa shape index (κ3) is 3.71. The van der Waals surface area contributed by atoms with Crippen molar-refractivity contribution in [2.75, 3.05) is 13.2 Å². The smallest absolute Gasteiger partial charge is 0.315 e. The average molecular weight is 272 g/mol. The fourth-order valence-corrected chi connectivity index (χ4v) is 2.09. The maximum atomic E-state index is 11.7. The predicted molar refractivity (Wildman–Crippen MR) is 80.6 cm³/mol. The Morgan fingerprint density at radius 1 is 1.20 bits per heavy atom. The number of fused-ring (bicyclic) bond motifs is 1. The number of rotatable bonds is 5. The zero-order valence-electron chi connectivity index (χ0n) is 11.6. The van der Waals surface area contributed by atoms with E-state index in [1.807, 2.05) is 25.1 Å². The van der Waals surface area contributed by atoms with Crippen molar-refractivity contribution in [3.63, 3.8) is 0 Å². The van der Waals surface area contributed by atoms with Gasteiger partial charge in [-0.3, -0.25) is 0 Å². The maximum Gasteiger partial charge on any atom is 0.315 e. The number of amides is 2. The van der Waals surface area contributed by atoms with E-state index in [9.17, 15) is 4.79 Å². The van der Waals surface area contributed by atoms with Crippen LogP contribution in [0.1, 0.15) is 24.9 Å². The Bertz CT molecular complexity index is 583. The fraction of sp³-hybridized carbons (Fsp3) is 0.312. The summed E-state index contributed by atoms with van der Waals surface area (Å²) < 4.78 is 0. The van der Waals surface area contributed by atoms with Crippen LogP contribution in [0.3, 0.4) is 0 Å². The number of hydrogen-bond acceptors (Lipinski definition) is 2. The number of urea groups is 1. The van der Waals surface area contributed by atoms with Crippen molar-refractivity contribution < 1.29 is 9.90 Å². The van der Waals surface area contributed by atoms with E-state index in [0.717, 1.165) is 5.56 Å². The zero-order chi connectivity index (χ0) is 14.4. The predicted octanol–water partition coefficient (Wildman–Crippen LogP) is 2.58. The molecule has 1 unspecified atom stereocenters. The topological polar surface area (TPSA) is 61.4 Å². The monoisotopic (exact) mass is 272 g/mol. The standard InChI is InChI=1S/C16H20N2O2/c1-12(18-16(20)17-9-4-10-19)14-8-7-13-5-2-3-6-15(13)11-14/h2-3,5-8,11-12,19H,4,9-10H2,1H3,(H2,17,18,20). The van der Waals surface area contributed by atoms with Gasteiger partial charge in [0.25, 0.3) is 0 Å². The third-order valence-electron chi connectivity index (χ3n) is 3.24. The van der Waals surface area contributed by atoms with Gasteiger partial charge >= 0.3 is 6.03 Å². The van der Waals surface area contributed by atoms with Gasteiger partial charge in [0.05, 0.1) is 6.04 Å². The lowest BCUT2D eigenvalue weighted by Crippen LogP contribution is -2.37. The highest BCUT2D eigenvalue weighted by atomic mass is 16.3. The number of nitrogens with one attached hydrogen (secondary N) is 2. The van der Waals surface area contributed by atoms with Crippen LogP contribution in [0.5, 0.6) is 0 Å². The Morgan fingerprint density at radius 3 is 2.70 bits per heavy atom. The summed E-state index contributed by atoms with van der Waals surface area (Å²) in [7, 11) is 0. The molecule has 2 aromatic carbocycles. The van der Waals surface area contributed by atoms with Gasteiger partial charge in [-0.05, 0) is 35.7 Å². The summed E-state index contributed by atoms with van der Waals surface area (Å²) in [5.74, 6) is 0. The second-order valence-electron chi connectivity index (χ2n) is 4.81. The second kappa shape index (κ2) is 6.91. The average Bonchev–Trinajstić information content (AvgIpc) is 2.47. The van der Waals surface area contributed by atoms with Crippen molar-refractivity contribution in [1.82, 2.24) is 10.6 Å². The number of carbonyl (C=O) groups excluding carboxylic acids is 1. The summed E-state index contributed by atoms with van der Waals surface area (Å²) in [6, 6.07) is 14.1. The summed E-state index contributed by atoms with van der Waals surface area (Å²) in [5.41, 5.74) is 1.07. The number of carbonyl (C=O) groups is 1. The molecular weight excluding hydrogens is 252 g/mol. The largest absolute Gasteiger partial charge is 0.396 e. The van der Waals surface area contributed by atoms with Crippen molar-refractivity contribution in [3.8, 4) is 0 Å². The molecule has 0 heterocycles. The Kier molecular flexibility index (Phi) is 4.96. The van der Waals surface area contributed by atoms with E-state index in [0.29, 0.717) is 13.0 Å². The second-order valence-corrected chi connectivity index (χ2v) is 4.81. The minimum atomic E-state index is -0.209. The summed E-state index contributed by atoms with van der Waals surface area (Å²) >= 11 is 0. The molecule has 0 fully saturated rings. The van der Waals surface area contributed by atoms with E-state index < -0.39 is 0 Å². The highest BCUT2D eigenvalue weighted by Crippen LogP contribution is 2.20. The molecule has 0 saturated carbocycles. The first kappa shape index (κ1) is 14.3. The molecule has 2 rings (SSSR count). The van der Waals surface area contributed by atoms with Gasteiger partial charge in [-0.2, -0.15) is 0 Å². The van der Waals surface area contributed by atoms with Crippen LogP contribution in [0.2, 0.25) is 0 Å². The fourth-order valence-electron chi connectivity index (χ4n) is 2.09. The van der Waals surface area contributed by atoms with Gasteiger partial charge in [-0.15, -0.1) is 0 Å². The van der Waals surface area contributed by atoms with E-state index in [2.05, 4.69) is 34.9 Å². The van der Waals surface area contributed by atoms with Crippen LogP contribution < -0.4 is 10.6 Å². The molecule has 2 amide bonds. The number of aliphatic hydroxyl groups excluding tert-OH is 1. The van der Waals surface area contributed by atoms with Gasteiger partial charge in [-0.1, -0.05) is 36.4 Å². The van der Waals surface area contributed by atoms with Crippen LogP contribution in [0.25, 0.3) is 10.8 Å². The number of benzene rings is 2. The zero-order valence-corrected chi connectivity index (χ0v) is 11.6. The molecule has 0 bridgehead atoms. The van der Waals surface area contributed by atoms with Crippen LogP contribution in [0, 0.1) is 0 Å². The maximum absolute atomic E-state index is 11.7. The van der Waals surface area contributed by atoms with Gasteiger partial charge in [-0.25, -0.2) is 4.79 Å². The molecule has 3 N–H and O–H groups in total. The van der Waals surface area contributed by atoms with Crippen LogP contribution in [0.15, 0.2) is 42.5 Å². The lowest BCUT2D eigenvalue weighted by Gasteiger charge is -2.15. The molecule has 0 saturated heterocycles. The van der Waals surface area contributed by atoms with Crippen LogP contribution in [-0.2, 0) is 0 Å². The van der Waals surface area contributed by atoms with E-state index in [1.54, 1.807) is 0 Å². The Hall–Kier alpha value is -2.07. The first-order chi connectivity index (χ1) is 9.70. The number of aliphatic hydroxyl groups is 1. The SMILES string of the molecule is CC(NC(=O)NCCCO)c1ccc2ccccc2c1. The lowest BCUT2D eigenvalue weighted by atomic mass is 10.0. The summed E-state index contributed by atoms with van der Waals surface area (Å²) in [4.78, 5) is 11.7. The quantitative estimate of drug-likeness (QED) is 0.733. The minimum absolute atomic E-state index is 0.0614. The molecule has 0 aromatic heterocycles. The normalized spacial score (nSPS) is 12.1. The summed E-state index contributed by atoms with van der Waals surface area (Å²) in [5, 5.41) is 16.6. The lowest BCUT2D eigenvalue weighted by molar-refractivity contribution is 0.235. The van der Waals surface area contributed by atoms with Crippen LogP contribution >= 0.6 is 0 Å². The number of hydrogen-bond donors (Lipinski definition) is 3. The molecule has 0 aliphatic carbocycles. The van der Waals surface area contributed by atoms with Crippen molar-refractivity contribution in [1.29, 1.82) is 0 Å². The molecule has 20 heavy (non-hydrogen) atoms. The van der Waals surface area contributed by atoms with Gasteiger partial charge in [0, 0.05) is 13.2 Å². The first-order valence-electron chi connectivity index (χ1n) is 6.84. The molecule has 4 nitrogen and oxygen atoms in total. The van der Waals surface area contributed by atoms with Crippen LogP contribution in [-0.4, -0.2) is 24.3 Å². The molecule has 0 radical (unpaired) electrons. The first-order valence-corrected chi connectivity index (χ1v) is 6.84. The molecule has 106 valence electrons. The van der Waals surface area contributed by atoms with Crippen molar-refractivity contribution in [2.24, 2.45) is 0 Å². The highest BCUT2D eigenvalue weighted by molar-refractivity contribution is 5.83. The Morgan fingerprint density at radius 2 is 1.95 bits per heavy atom. The van der Waals surface area contributed by atoms with E-state index in [1.165, 1.54) is 10.8 Å². The molecular formula is C16H20N2O2. The molecule has 4 heteroatoms. The van der Waals surface area contributed by atoms with Crippen molar-refractivity contribution in [3.05, 3.63) is 48.0 Å².